The molecular weight excluding hydrogens is 264 g/mol. The second kappa shape index (κ2) is 5.79. The van der Waals surface area contributed by atoms with Gasteiger partial charge in [-0.1, -0.05) is 32.9 Å². The van der Waals surface area contributed by atoms with Crippen molar-refractivity contribution >= 4 is 11.8 Å². The first kappa shape index (κ1) is 15.4. The van der Waals surface area contributed by atoms with Crippen molar-refractivity contribution in [1.29, 1.82) is 5.26 Å². The van der Waals surface area contributed by atoms with Gasteiger partial charge in [0, 0.05) is 16.7 Å². The highest BCUT2D eigenvalue weighted by Crippen LogP contribution is 2.29. The second-order valence-electron chi connectivity index (χ2n) is 6.93. The quantitative estimate of drug-likeness (QED) is 0.828. The maximum absolute atomic E-state index is 9.36. The highest BCUT2D eigenvalue weighted by molar-refractivity contribution is 7.99. The smallest absolute Gasteiger partial charge is 0.113 e. The van der Waals surface area contributed by atoms with E-state index >= 15 is 0 Å². The van der Waals surface area contributed by atoms with Gasteiger partial charge in [0.05, 0.1) is 6.07 Å². The minimum absolute atomic E-state index is 0.192. The van der Waals surface area contributed by atoms with E-state index in [9.17, 15) is 5.26 Å². The minimum Gasteiger partial charge on any atom is -0.296 e. The molecule has 1 saturated carbocycles. The van der Waals surface area contributed by atoms with E-state index < -0.39 is 5.54 Å². The lowest BCUT2D eigenvalue weighted by Gasteiger charge is -2.23. The van der Waals surface area contributed by atoms with Crippen LogP contribution in [-0.2, 0) is 5.41 Å². The monoisotopic (exact) mass is 288 g/mol. The van der Waals surface area contributed by atoms with E-state index in [1.807, 2.05) is 6.92 Å². The topological polar surface area (TPSA) is 35.8 Å². The van der Waals surface area contributed by atoms with E-state index in [1.54, 1.807) is 11.8 Å². The van der Waals surface area contributed by atoms with E-state index in [0.29, 0.717) is 6.04 Å². The fourth-order valence-electron chi connectivity index (χ4n) is 2.06. The molecule has 20 heavy (non-hydrogen) atoms. The molecule has 1 aliphatic rings. The maximum Gasteiger partial charge on any atom is 0.113 e. The number of hydrogen-bond acceptors (Lipinski definition) is 3. The summed E-state index contributed by atoms with van der Waals surface area (Å²) in [5.74, 6) is 0.787. The summed E-state index contributed by atoms with van der Waals surface area (Å²) in [5, 5.41) is 12.8. The molecule has 2 rings (SSSR count). The zero-order chi connectivity index (χ0) is 14.8. The summed E-state index contributed by atoms with van der Waals surface area (Å²) in [7, 11) is 0. The second-order valence-corrected chi connectivity index (χ2v) is 7.97. The Hall–Kier alpha value is -0.980. The van der Waals surface area contributed by atoms with Gasteiger partial charge in [-0.3, -0.25) is 5.32 Å². The molecular formula is C17H24N2S. The number of nitriles is 1. The summed E-state index contributed by atoms with van der Waals surface area (Å²) in [6.45, 7) is 8.67. The van der Waals surface area contributed by atoms with Crippen molar-refractivity contribution in [2.75, 3.05) is 5.75 Å². The van der Waals surface area contributed by atoms with Crippen LogP contribution < -0.4 is 5.32 Å². The summed E-state index contributed by atoms with van der Waals surface area (Å²) in [4.78, 5) is 1.23. The molecule has 1 aromatic rings. The van der Waals surface area contributed by atoms with Crippen LogP contribution in [0.4, 0.5) is 0 Å². The summed E-state index contributed by atoms with van der Waals surface area (Å²) in [6, 6.07) is 11.7. The Morgan fingerprint density at radius 3 is 2.25 bits per heavy atom. The zero-order valence-electron chi connectivity index (χ0n) is 12.9. The molecule has 0 aliphatic heterocycles. The fraction of sp³-hybridized carbons (Fsp3) is 0.588. The number of rotatable bonds is 5. The van der Waals surface area contributed by atoms with Gasteiger partial charge in [-0.2, -0.15) is 5.26 Å². The van der Waals surface area contributed by atoms with Gasteiger partial charge in [-0.15, -0.1) is 11.8 Å². The van der Waals surface area contributed by atoms with Gasteiger partial charge in [0.15, 0.2) is 0 Å². The van der Waals surface area contributed by atoms with Gasteiger partial charge in [-0.05, 0) is 42.9 Å². The van der Waals surface area contributed by atoms with Crippen molar-refractivity contribution in [3.63, 3.8) is 0 Å². The molecule has 1 unspecified atom stereocenters. The van der Waals surface area contributed by atoms with Crippen molar-refractivity contribution in [2.24, 2.45) is 0 Å². The summed E-state index contributed by atoms with van der Waals surface area (Å²) in [6.07, 6.45) is 2.42. The van der Waals surface area contributed by atoms with Gasteiger partial charge < -0.3 is 0 Å². The molecule has 0 aromatic heterocycles. The highest BCUT2D eigenvalue weighted by atomic mass is 32.2. The van der Waals surface area contributed by atoms with Crippen LogP contribution in [0, 0.1) is 11.3 Å². The molecule has 0 radical (unpaired) electrons. The van der Waals surface area contributed by atoms with Crippen LogP contribution in [0.25, 0.3) is 0 Å². The molecule has 3 heteroatoms. The van der Waals surface area contributed by atoms with Crippen molar-refractivity contribution in [3.8, 4) is 6.07 Å². The number of nitrogens with zero attached hydrogens (tertiary/aromatic N) is 1. The molecule has 1 N–H and O–H groups in total. The molecule has 1 fully saturated rings. The number of hydrogen-bond donors (Lipinski definition) is 1. The Balaban J connectivity index is 1.94. The number of benzene rings is 1. The Morgan fingerprint density at radius 2 is 1.80 bits per heavy atom. The number of nitrogens with one attached hydrogen (secondary N) is 1. The van der Waals surface area contributed by atoms with E-state index in [-0.39, 0.29) is 5.41 Å². The van der Waals surface area contributed by atoms with Gasteiger partial charge in [0.25, 0.3) is 0 Å². The van der Waals surface area contributed by atoms with E-state index in [1.165, 1.54) is 23.3 Å². The molecule has 2 nitrogen and oxygen atoms in total. The van der Waals surface area contributed by atoms with Crippen molar-refractivity contribution in [1.82, 2.24) is 5.32 Å². The Bertz CT molecular complexity index is 491. The molecule has 1 aliphatic carbocycles. The van der Waals surface area contributed by atoms with Crippen molar-refractivity contribution in [2.45, 2.75) is 62.4 Å². The first-order valence-electron chi connectivity index (χ1n) is 7.25. The first-order chi connectivity index (χ1) is 9.32. The third-order valence-electron chi connectivity index (χ3n) is 3.59. The molecule has 0 bridgehead atoms. The summed E-state index contributed by atoms with van der Waals surface area (Å²) in [5.41, 5.74) is 1.12. The normalized spacial score (nSPS) is 18.4. The molecule has 0 saturated heterocycles. The third-order valence-corrected chi connectivity index (χ3v) is 4.92. The molecule has 0 spiro atoms. The Labute approximate surface area is 127 Å². The number of thioether (sulfide) groups is 1. The lowest BCUT2D eigenvalue weighted by molar-refractivity contribution is 0.490. The lowest BCUT2D eigenvalue weighted by Crippen LogP contribution is -2.44. The average molecular weight is 288 g/mol. The van der Waals surface area contributed by atoms with Crippen LogP contribution in [0.15, 0.2) is 29.2 Å². The van der Waals surface area contributed by atoms with Crippen LogP contribution in [0.5, 0.6) is 0 Å². The maximum atomic E-state index is 9.36. The van der Waals surface area contributed by atoms with E-state index in [4.69, 9.17) is 0 Å². The minimum atomic E-state index is -0.422. The van der Waals surface area contributed by atoms with Gasteiger partial charge >= 0.3 is 0 Å². The molecule has 0 amide bonds. The largest absolute Gasteiger partial charge is 0.296 e. The first-order valence-corrected chi connectivity index (χ1v) is 8.23. The van der Waals surface area contributed by atoms with Crippen molar-refractivity contribution < 1.29 is 0 Å². The Morgan fingerprint density at radius 1 is 1.20 bits per heavy atom. The molecule has 108 valence electrons. The van der Waals surface area contributed by atoms with E-state index in [2.05, 4.69) is 56.4 Å². The van der Waals surface area contributed by atoms with E-state index in [0.717, 1.165) is 5.75 Å². The molecule has 1 aromatic carbocycles. The van der Waals surface area contributed by atoms with Crippen LogP contribution in [-0.4, -0.2) is 17.3 Å². The fourth-order valence-corrected chi connectivity index (χ4v) is 3.00. The van der Waals surface area contributed by atoms with Gasteiger partial charge in [-0.25, -0.2) is 0 Å². The van der Waals surface area contributed by atoms with Crippen LogP contribution >= 0.6 is 11.8 Å². The van der Waals surface area contributed by atoms with Crippen LogP contribution in [0.3, 0.4) is 0 Å². The summed E-state index contributed by atoms with van der Waals surface area (Å²) < 4.78 is 0. The van der Waals surface area contributed by atoms with Crippen LogP contribution in [0.1, 0.15) is 46.1 Å². The van der Waals surface area contributed by atoms with Crippen LogP contribution in [0.2, 0.25) is 0 Å². The predicted molar refractivity (Wildman–Crippen MR) is 86.0 cm³/mol. The predicted octanol–water partition coefficient (Wildman–Crippen LogP) is 4.11. The highest BCUT2D eigenvalue weighted by Gasteiger charge is 2.32. The summed E-state index contributed by atoms with van der Waals surface area (Å²) >= 11 is 1.76. The zero-order valence-corrected chi connectivity index (χ0v) is 13.7. The molecule has 1 atom stereocenters. The standard InChI is InChI=1S/C17H24N2S/c1-16(2,3)13-5-9-15(10-6-13)20-12-17(4,11-18)19-14-7-8-14/h5-6,9-10,14,19H,7-8,12H2,1-4H3. The average Bonchev–Trinajstić information content (AvgIpc) is 3.20. The Kier molecular flexibility index (Phi) is 4.46. The molecule has 0 heterocycles. The third kappa shape index (κ3) is 4.26. The van der Waals surface area contributed by atoms with Gasteiger partial charge in [0.1, 0.15) is 5.54 Å². The SMILES string of the molecule is CC(C#N)(CSc1ccc(C(C)(C)C)cc1)NC1CC1. The van der Waals surface area contributed by atoms with Crippen molar-refractivity contribution in [3.05, 3.63) is 29.8 Å². The lowest BCUT2D eigenvalue weighted by atomic mass is 9.87. The van der Waals surface area contributed by atoms with Gasteiger partial charge in [0.2, 0.25) is 0 Å².